The number of aromatic nitrogens is 1. The number of nitrogen functional groups attached to an aromatic ring is 1. The highest BCUT2D eigenvalue weighted by Crippen LogP contribution is 2.38. The van der Waals surface area contributed by atoms with Crippen LogP contribution < -0.4 is 15.8 Å². The van der Waals surface area contributed by atoms with Gasteiger partial charge in [-0.15, -0.1) is 6.58 Å². The van der Waals surface area contributed by atoms with Crippen LogP contribution in [0.1, 0.15) is 0 Å². The number of nitrogens with zero attached hydrogens (tertiary/aromatic N) is 1. The number of hydrogen-bond acceptors (Lipinski definition) is 4. The van der Waals surface area contributed by atoms with E-state index in [1.165, 1.54) is 0 Å². The van der Waals surface area contributed by atoms with E-state index in [1.54, 1.807) is 13.2 Å². The summed E-state index contributed by atoms with van der Waals surface area (Å²) in [6.45, 7) is 4.39. The van der Waals surface area contributed by atoms with Crippen molar-refractivity contribution in [2.45, 2.75) is 0 Å². The summed E-state index contributed by atoms with van der Waals surface area (Å²) in [5.74, 6) is 1.62. The summed E-state index contributed by atoms with van der Waals surface area (Å²) in [6.07, 6.45) is 3.66. The van der Waals surface area contributed by atoms with Gasteiger partial charge in [-0.05, 0) is 23.8 Å². The molecule has 3 aromatic rings. The number of ether oxygens (including phenoxy) is 1. The second-order valence-corrected chi connectivity index (χ2v) is 5.20. The van der Waals surface area contributed by atoms with E-state index in [1.807, 2.05) is 48.7 Å². The van der Waals surface area contributed by atoms with E-state index in [2.05, 4.69) is 16.9 Å². The third-order valence-corrected chi connectivity index (χ3v) is 3.70. The summed E-state index contributed by atoms with van der Waals surface area (Å²) < 4.78 is 5.57. The van der Waals surface area contributed by atoms with Crippen LogP contribution in [-0.2, 0) is 0 Å². The number of fused-ring (bicyclic) bond motifs is 1. The number of methoxy groups -OCH3 is 1. The number of hydrogen-bond donors (Lipinski definition) is 2. The summed E-state index contributed by atoms with van der Waals surface area (Å²) >= 11 is 0. The average molecular weight is 305 g/mol. The molecule has 23 heavy (non-hydrogen) atoms. The van der Waals surface area contributed by atoms with Gasteiger partial charge >= 0.3 is 0 Å². The van der Waals surface area contributed by atoms with Gasteiger partial charge in [0.25, 0.3) is 0 Å². The fraction of sp³-hybridized carbons (Fsp3) is 0.105. The van der Waals surface area contributed by atoms with Gasteiger partial charge in [-0.1, -0.05) is 30.3 Å². The van der Waals surface area contributed by atoms with E-state index in [9.17, 15) is 0 Å². The second kappa shape index (κ2) is 6.40. The molecular formula is C19H19N3O. The van der Waals surface area contributed by atoms with Gasteiger partial charge in [0, 0.05) is 34.8 Å². The van der Waals surface area contributed by atoms with Gasteiger partial charge in [0.05, 0.1) is 7.11 Å². The van der Waals surface area contributed by atoms with Crippen LogP contribution in [0.25, 0.3) is 21.9 Å². The monoisotopic (exact) mass is 305 g/mol. The number of pyridine rings is 1. The van der Waals surface area contributed by atoms with Crippen molar-refractivity contribution >= 4 is 22.3 Å². The van der Waals surface area contributed by atoms with Gasteiger partial charge < -0.3 is 15.8 Å². The highest BCUT2D eigenvalue weighted by atomic mass is 16.5. The van der Waals surface area contributed by atoms with E-state index in [0.29, 0.717) is 6.54 Å². The number of nitrogens with one attached hydrogen (secondary N) is 1. The highest BCUT2D eigenvalue weighted by molar-refractivity contribution is 6.05. The largest absolute Gasteiger partial charge is 0.496 e. The first-order chi connectivity index (χ1) is 11.2. The quantitative estimate of drug-likeness (QED) is 0.550. The van der Waals surface area contributed by atoms with Crippen molar-refractivity contribution in [3.63, 3.8) is 0 Å². The minimum atomic E-state index is 0.650. The minimum Gasteiger partial charge on any atom is -0.496 e. The van der Waals surface area contributed by atoms with Crippen molar-refractivity contribution in [1.29, 1.82) is 0 Å². The normalized spacial score (nSPS) is 10.5. The van der Waals surface area contributed by atoms with Gasteiger partial charge in [-0.3, -0.25) is 0 Å². The zero-order valence-electron chi connectivity index (χ0n) is 13.0. The van der Waals surface area contributed by atoms with Gasteiger partial charge in [0.2, 0.25) is 0 Å². The molecule has 0 aliphatic rings. The molecule has 116 valence electrons. The molecule has 0 saturated heterocycles. The summed E-state index contributed by atoms with van der Waals surface area (Å²) in [6, 6.07) is 13.7. The number of rotatable bonds is 5. The third kappa shape index (κ3) is 2.83. The van der Waals surface area contributed by atoms with Crippen molar-refractivity contribution in [3.05, 3.63) is 61.3 Å². The molecule has 2 aromatic carbocycles. The Kier molecular flexibility index (Phi) is 4.15. The average Bonchev–Trinajstić information content (AvgIpc) is 2.59. The van der Waals surface area contributed by atoms with E-state index >= 15 is 0 Å². The van der Waals surface area contributed by atoms with Crippen LogP contribution in [0.4, 0.5) is 11.5 Å². The van der Waals surface area contributed by atoms with Crippen LogP contribution in [0, 0.1) is 0 Å². The Hall–Kier alpha value is -3.01. The molecule has 3 N–H and O–H groups in total. The van der Waals surface area contributed by atoms with Crippen LogP contribution in [0.3, 0.4) is 0 Å². The predicted molar refractivity (Wildman–Crippen MR) is 96.8 cm³/mol. The van der Waals surface area contributed by atoms with E-state index in [4.69, 9.17) is 10.5 Å². The van der Waals surface area contributed by atoms with Crippen LogP contribution in [-0.4, -0.2) is 18.6 Å². The molecule has 1 heterocycles. The summed E-state index contributed by atoms with van der Waals surface area (Å²) in [7, 11) is 1.68. The first-order valence-corrected chi connectivity index (χ1v) is 7.41. The van der Waals surface area contributed by atoms with Crippen LogP contribution in [0.5, 0.6) is 5.75 Å². The van der Waals surface area contributed by atoms with Crippen molar-refractivity contribution in [1.82, 2.24) is 4.98 Å². The Bertz CT molecular complexity index is 858. The molecule has 0 unspecified atom stereocenters. The molecule has 0 atom stereocenters. The Labute approximate surface area is 135 Å². The molecular weight excluding hydrogens is 286 g/mol. The molecule has 0 amide bonds. The fourth-order valence-electron chi connectivity index (χ4n) is 2.67. The topological polar surface area (TPSA) is 60.2 Å². The Morgan fingerprint density at radius 2 is 2.09 bits per heavy atom. The molecule has 1 aromatic heterocycles. The number of anilines is 2. The van der Waals surface area contributed by atoms with Crippen molar-refractivity contribution in [2.75, 3.05) is 24.7 Å². The highest BCUT2D eigenvalue weighted by Gasteiger charge is 2.13. The maximum atomic E-state index is 5.93. The third-order valence-electron chi connectivity index (χ3n) is 3.70. The standard InChI is InChI=1S/C19H19N3O/c1-3-10-21-19-15-8-5-9-17(23-2)18(15)16(12-22-19)13-6-4-7-14(20)11-13/h3-9,11-12H,1,10,20H2,2H3,(H,21,22). The lowest BCUT2D eigenvalue weighted by Crippen LogP contribution is -2.02. The molecule has 0 bridgehead atoms. The molecule has 0 radical (unpaired) electrons. The zero-order valence-corrected chi connectivity index (χ0v) is 13.0. The predicted octanol–water partition coefficient (Wildman–Crippen LogP) is 4.09. The van der Waals surface area contributed by atoms with Crippen LogP contribution in [0.15, 0.2) is 61.3 Å². The first kappa shape index (κ1) is 14.9. The van der Waals surface area contributed by atoms with Gasteiger partial charge in [-0.25, -0.2) is 4.98 Å². The maximum Gasteiger partial charge on any atom is 0.134 e. The molecule has 0 saturated carbocycles. The molecule has 4 nitrogen and oxygen atoms in total. The molecule has 0 aliphatic carbocycles. The molecule has 3 rings (SSSR count). The van der Waals surface area contributed by atoms with Gasteiger partial charge in [-0.2, -0.15) is 0 Å². The maximum absolute atomic E-state index is 5.93. The Morgan fingerprint density at radius 1 is 1.26 bits per heavy atom. The zero-order chi connectivity index (χ0) is 16.2. The number of benzene rings is 2. The van der Waals surface area contributed by atoms with Crippen molar-refractivity contribution in [2.24, 2.45) is 0 Å². The van der Waals surface area contributed by atoms with Crippen molar-refractivity contribution in [3.8, 4) is 16.9 Å². The van der Waals surface area contributed by atoms with Crippen LogP contribution in [0.2, 0.25) is 0 Å². The van der Waals surface area contributed by atoms with Gasteiger partial charge in [0.15, 0.2) is 0 Å². The van der Waals surface area contributed by atoms with E-state index in [-0.39, 0.29) is 0 Å². The molecule has 4 heteroatoms. The number of nitrogens with two attached hydrogens (primary N) is 1. The van der Waals surface area contributed by atoms with Crippen molar-refractivity contribution < 1.29 is 4.74 Å². The fourth-order valence-corrected chi connectivity index (χ4v) is 2.67. The lowest BCUT2D eigenvalue weighted by molar-refractivity contribution is 0.420. The molecule has 0 aliphatic heterocycles. The Morgan fingerprint density at radius 3 is 2.83 bits per heavy atom. The second-order valence-electron chi connectivity index (χ2n) is 5.20. The van der Waals surface area contributed by atoms with Gasteiger partial charge in [0.1, 0.15) is 11.6 Å². The van der Waals surface area contributed by atoms with Crippen LogP contribution >= 0.6 is 0 Å². The molecule has 0 spiro atoms. The summed E-state index contributed by atoms with van der Waals surface area (Å²) in [4.78, 5) is 4.57. The van der Waals surface area contributed by atoms with E-state index < -0.39 is 0 Å². The SMILES string of the molecule is C=CCNc1ncc(-c2cccc(N)c2)c2c(OC)cccc12. The summed E-state index contributed by atoms with van der Waals surface area (Å²) in [5, 5.41) is 5.29. The smallest absolute Gasteiger partial charge is 0.134 e. The lowest BCUT2D eigenvalue weighted by atomic mass is 9.99. The summed E-state index contributed by atoms with van der Waals surface area (Å²) in [5.41, 5.74) is 8.66. The minimum absolute atomic E-state index is 0.650. The first-order valence-electron chi connectivity index (χ1n) is 7.41. The van der Waals surface area contributed by atoms with E-state index in [0.717, 1.165) is 39.2 Å². The Balaban J connectivity index is 2.28. The molecule has 0 fully saturated rings. The lowest BCUT2D eigenvalue weighted by Gasteiger charge is -2.14.